The van der Waals surface area contributed by atoms with Gasteiger partial charge in [-0.3, -0.25) is 4.79 Å². The Morgan fingerprint density at radius 1 is 1.09 bits per heavy atom. The molecule has 0 unspecified atom stereocenters. The van der Waals surface area contributed by atoms with Gasteiger partial charge in [-0.05, 0) is 37.3 Å². The van der Waals surface area contributed by atoms with Crippen molar-refractivity contribution >= 4 is 45.5 Å². The number of thiophene rings is 1. The maximum Gasteiger partial charge on any atom is 0.236 e. The van der Waals surface area contributed by atoms with Gasteiger partial charge in [0.2, 0.25) is 11.9 Å². The van der Waals surface area contributed by atoms with E-state index in [1.165, 1.54) is 11.3 Å². The van der Waals surface area contributed by atoms with Gasteiger partial charge >= 0.3 is 0 Å². The highest BCUT2D eigenvalue weighted by Crippen LogP contribution is 2.30. The molecule has 0 bridgehead atoms. The Morgan fingerprint density at radius 3 is 2.63 bits per heavy atom. The van der Waals surface area contributed by atoms with Crippen LogP contribution in [0, 0.1) is 12.3 Å². The lowest BCUT2D eigenvalue weighted by atomic mass is 9.82. The van der Waals surface area contributed by atoms with Crippen molar-refractivity contribution in [1.82, 2.24) is 30.2 Å². The molecule has 0 atom stereocenters. The summed E-state index contributed by atoms with van der Waals surface area (Å²) in [6.45, 7) is 2.66. The van der Waals surface area contributed by atoms with Crippen LogP contribution < -0.4 is 21.3 Å². The molecule has 0 aliphatic carbocycles. The van der Waals surface area contributed by atoms with Gasteiger partial charge in [-0.2, -0.15) is 4.98 Å². The molecule has 5 N–H and O–H groups in total. The summed E-state index contributed by atoms with van der Waals surface area (Å²) >= 11 is 1.38. The number of aliphatic hydroxyl groups is 1. The highest BCUT2D eigenvalue weighted by Gasteiger charge is 2.43. The molecule has 5 heterocycles. The van der Waals surface area contributed by atoms with Crippen molar-refractivity contribution in [2.75, 3.05) is 35.6 Å². The van der Waals surface area contributed by atoms with Gasteiger partial charge in [0.25, 0.3) is 0 Å². The third-order valence-electron chi connectivity index (χ3n) is 5.49. The van der Waals surface area contributed by atoms with Crippen molar-refractivity contribution in [1.29, 1.82) is 0 Å². The fourth-order valence-electron chi connectivity index (χ4n) is 3.45. The summed E-state index contributed by atoms with van der Waals surface area (Å²) in [4.78, 5) is 34.6. The molecule has 0 aromatic carbocycles. The molecular formula is C23H23N9O2S. The third kappa shape index (κ3) is 5.09. The third-order valence-corrected chi connectivity index (χ3v) is 6.33. The van der Waals surface area contributed by atoms with Crippen LogP contribution in [0.25, 0.3) is 11.5 Å². The monoisotopic (exact) mass is 489 g/mol. The van der Waals surface area contributed by atoms with E-state index in [-0.39, 0.29) is 12.5 Å². The maximum absolute atomic E-state index is 12.5. The van der Waals surface area contributed by atoms with Crippen LogP contribution in [-0.2, 0) is 4.79 Å². The van der Waals surface area contributed by atoms with Crippen molar-refractivity contribution in [2.24, 2.45) is 5.41 Å². The first-order valence-electron chi connectivity index (χ1n) is 10.9. The molecule has 0 spiro atoms. The largest absolute Gasteiger partial charge is 0.395 e. The van der Waals surface area contributed by atoms with E-state index in [9.17, 15) is 9.90 Å². The first-order valence-corrected chi connectivity index (χ1v) is 11.8. The first kappa shape index (κ1) is 22.8. The number of hydrogen-bond acceptors (Lipinski definition) is 11. The lowest BCUT2D eigenvalue weighted by molar-refractivity contribution is -0.131. The molecule has 4 aromatic heterocycles. The molecule has 12 heteroatoms. The minimum atomic E-state index is -0.753. The van der Waals surface area contributed by atoms with Gasteiger partial charge in [0.1, 0.15) is 17.3 Å². The van der Waals surface area contributed by atoms with Gasteiger partial charge in [0, 0.05) is 36.6 Å². The molecule has 1 saturated heterocycles. The van der Waals surface area contributed by atoms with Crippen LogP contribution in [0.3, 0.4) is 0 Å². The summed E-state index contributed by atoms with van der Waals surface area (Å²) in [7, 11) is 0. The Bertz CT molecular complexity index is 1350. The van der Waals surface area contributed by atoms with E-state index in [1.54, 1.807) is 30.6 Å². The van der Waals surface area contributed by atoms with Crippen molar-refractivity contribution < 1.29 is 9.90 Å². The van der Waals surface area contributed by atoms with Crippen LogP contribution in [0.15, 0.2) is 54.2 Å². The van der Waals surface area contributed by atoms with E-state index >= 15 is 0 Å². The number of nitrogens with one attached hydrogen (secondary N) is 4. The molecule has 5 rings (SSSR count). The number of carbonyl (C=O) groups excluding carboxylic acids is 1. The van der Waals surface area contributed by atoms with Gasteiger partial charge in [-0.25, -0.2) is 19.9 Å². The fraction of sp³-hybridized carbons (Fsp3) is 0.217. The molecule has 1 amide bonds. The smallest absolute Gasteiger partial charge is 0.236 e. The van der Waals surface area contributed by atoms with Crippen LogP contribution in [-0.4, -0.2) is 55.6 Å². The Balaban J connectivity index is 1.25. The number of hydrogen-bond donors (Lipinski definition) is 5. The predicted octanol–water partition coefficient (Wildman–Crippen LogP) is 2.71. The average molecular weight is 490 g/mol. The molecule has 178 valence electrons. The summed E-state index contributed by atoms with van der Waals surface area (Å²) < 4.78 is 0. The van der Waals surface area contributed by atoms with E-state index in [4.69, 9.17) is 0 Å². The van der Waals surface area contributed by atoms with E-state index in [1.807, 2.05) is 30.5 Å². The lowest BCUT2D eigenvalue weighted by Crippen LogP contribution is -2.61. The van der Waals surface area contributed by atoms with Gasteiger partial charge < -0.3 is 26.4 Å². The second-order valence-electron chi connectivity index (χ2n) is 8.14. The molecule has 4 aromatic rings. The molecule has 1 fully saturated rings. The SMILES string of the molecule is Cc1cccc(-c2nccc(Nc3ccnc(Nc4csc(NC(=O)C5(CO)CNC5)c4)n3)n2)n1. The summed E-state index contributed by atoms with van der Waals surface area (Å²) in [5.74, 6) is 1.83. The van der Waals surface area contributed by atoms with Gasteiger partial charge in [0.15, 0.2) is 5.82 Å². The molecule has 11 nitrogen and oxygen atoms in total. The Labute approximate surface area is 205 Å². The van der Waals surface area contributed by atoms with E-state index < -0.39 is 5.41 Å². The molecular weight excluding hydrogens is 466 g/mol. The molecule has 1 aliphatic heterocycles. The standard InChI is InChI=1S/C23H23N9O2S/c1-14-3-2-4-16(27-14)20-25-7-5-17(30-20)29-18-6-8-26-22(31-18)28-15-9-19(35-10-15)32-21(34)23(13-33)11-24-12-23/h2-10,24,33H,11-13H2,1H3,(H,32,34)(H2,25,26,28,29,30,31). The summed E-state index contributed by atoms with van der Waals surface area (Å²) in [6.07, 6.45) is 3.29. The number of aromatic nitrogens is 5. The average Bonchev–Trinajstić information content (AvgIpc) is 3.25. The zero-order valence-corrected chi connectivity index (χ0v) is 19.6. The fourth-order valence-corrected chi connectivity index (χ4v) is 4.18. The topological polar surface area (TPSA) is 150 Å². The quantitative estimate of drug-likeness (QED) is 0.250. The number of rotatable bonds is 8. The first-order chi connectivity index (χ1) is 17.0. The number of pyridine rings is 1. The van der Waals surface area contributed by atoms with Crippen LogP contribution in [0.1, 0.15) is 5.69 Å². The zero-order valence-electron chi connectivity index (χ0n) is 18.8. The zero-order chi connectivity index (χ0) is 24.3. The van der Waals surface area contributed by atoms with Crippen LogP contribution in [0.5, 0.6) is 0 Å². The van der Waals surface area contributed by atoms with Crippen molar-refractivity contribution in [3.63, 3.8) is 0 Å². The summed E-state index contributed by atoms with van der Waals surface area (Å²) in [5.41, 5.74) is 1.57. The van der Waals surface area contributed by atoms with E-state index in [0.717, 1.165) is 11.4 Å². The second kappa shape index (κ2) is 9.70. The number of aryl methyl sites for hydroxylation is 1. The number of nitrogens with zero attached hydrogens (tertiary/aromatic N) is 5. The minimum absolute atomic E-state index is 0.189. The minimum Gasteiger partial charge on any atom is -0.395 e. The number of anilines is 5. The second-order valence-corrected chi connectivity index (χ2v) is 9.05. The predicted molar refractivity (Wildman–Crippen MR) is 134 cm³/mol. The number of amides is 1. The molecule has 0 saturated carbocycles. The summed E-state index contributed by atoms with van der Waals surface area (Å²) in [6, 6.07) is 11.0. The van der Waals surface area contributed by atoms with Crippen LogP contribution in [0.4, 0.5) is 28.3 Å². The highest BCUT2D eigenvalue weighted by atomic mass is 32.1. The molecule has 0 radical (unpaired) electrons. The van der Waals surface area contributed by atoms with Crippen molar-refractivity contribution in [3.8, 4) is 11.5 Å². The van der Waals surface area contributed by atoms with Gasteiger partial charge in [-0.1, -0.05) is 6.07 Å². The Hall–Kier alpha value is -4.00. The normalized spacial score (nSPS) is 14.1. The Morgan fingerprint density at radius 2 is 1.89 bits per heavy atom. The Kier molecular flexibility index (Phi) is 6.31. The number of carbonyl (C=O) groups is 1. The van der Waals surface area contributed by atoms with Crippen LogP contribution in [0.2, 0.25) is 0 Å². The highest BCUT2D eigenvalue weighted by molar-refractivity contribution is 7.14. The molecule has 35 heavy (non-hydrogen) atoms. The van der Waals surface area contributed by atoms with E-state index in [0.29, 0.717) is 47.2 Å². The van der Waals surface area contributed by atoms with Gasteiger partial charge in [0.05, 0.1) is 22.7 Å². The summed E-state index contributed by atoms with van der Waals surface area (Å²) in [5, 5.41) is 24.3. The van der Waals surface area contributed by atoms with Crippen molar-refractivity contribution in [3.05, 3.63) is 59.9 Å². The van der Waals surface area contributed by atoms with Gasteiger partial charge in [-0.15, -0.1) is 11.3 Å². The molecule has 1 aliphatic rings. The maximum atomic E-state index is 12.5. The van der Waals surface area contributed by atoms with Crippen LogP contribution >= 0.6 is 11.3 Å². The van der Waals surface area contributed by atoms with E-state index in [2.05, 4.69) is 46.2 Å². The number of aliphatic hydroxyl groups excluding tert-OH is 1. The lowest BCUT2D eigenvalue weighted by Gasteiger charge is -2.39. The van der Waals surface area contributed by atoms with Crippen molar-refractivity contribution in [2.45, 2.75) is 6.92 Å².